The molecule has 1 aliphatic rings. The summed E-state index contributed by atoms with van der Waals surface area (Å²) < 4.78 is 6.41. The number of aryl methyl sites for hydroxylation is 1. The summed E-state index contributed by atoms with van der Waals surface area (Å²) in [6.45, 7) is 0. The van der Waals surface area contributed by atoms with Crippen LogP contribution in [0.25, 0.3) is 0 Å². The summed E-state index contributed by atoms with van der Waals surface area (Å²) in [5.41, 5.74) is 3.60. The Labute approximate surface area is 145 Å². The van der Waals surface area contributed by atoms with Crippen molar-refractivity contribution in [3.8, 4) is 5.75 Å². The molecular formula is C18H19BrClNO. The van der Waals surface area contributed by atoms with Gasteiger partial charge >= 0.3 is 0 Å². The molecule has 0 amide bonds. The van der Waals surface area contributed by atoms with Crippen molar-refractivity contribution in [1.82, 2.24) is 0 Å². The topological polar surface area (TPSA) is 21.3 Å². The Balaban J connectivity index is 1.74. The fourth-order valence-corrected chi connectivity index (χ4v) is 3.69. The molecule has 3 rings (SSSR count). The number of anilines is 1. The lowest BCUT2D eigenvalue weighted by atomic mass is 9.93. The van der Waals surface area contributed by atoms with Gasteiger partial charge in [-0.05, 0) is 58.8 Å². The second-order valence-electron chi connectivity index (χ2n) is 5.63. The maximum atomic E-state index is 6.42. The molecule has 0 spiro atoms. The minimum absolute atomic E-state index is 0.457. The van der Waals surface area contributed by atoms with E-state index in [1.807, 2.05) is 6.07 Å². The number of hydrogen-bond acceptors (Lipinski definition) is 2. The molecule has 1 unspecified atom stereocenters. The first-order valence-electron chi connectivity index (χ1n) is 7.54. The van der Waals surface area contributed by atoms with Crippen molar-refractivity contribution >= 4 is 33.2 Å². The van der Waals surface area contributed by atoms with Crippen LogP contribution in [0.2, 0.25) is 5.02 Å². The van der Waals surface area contributed by atoms with Gasteiger partial charge in [-0.1, -0.05) is 41.9 Å². The SMILES string of the molecule is COc1cc(Br)c(Cl)c2c1NC(CCc1ccccc1)CC2. The zero-order valence-corrected chi connectivity index (χ0v) is 14.9. The Hall–Kier alpha value is -1.19. The molecule has 1 heterocycles. The predicted molar refractivity (Wildman–Crippen MR) is 96.2 cm³/mol. The second-order valence-corrected chi connectivity index (χ2v) is 6.86. The van der Waals surface area contributed by atoms with Crippen LogP contribution in [0.15, 0.2) is 40.9 Å². The van der Waals surface area contributed by atoms with E-state index in [2.05, 4.69) is 51.6 Å². The van der Waals surface area contributed by atoms with Crippen molar-refractivity contribution in [2.45, 2.75) is 31.7 Å². The highest BCUT2D eigenvalue weighted by Crippen LogP contribution is 2.43. The molecule has 0 aromatic heterocycles. The predicted octanol–water partition coefficient (Wildman–Crippen LogP) is 5.47. The van der Waals surface area contributed by atoms with Crippen LogP contribution >= 0.6 is 27.5 Å². The standard InChI is InChI=1S/C18H19BrClNO/c1-22-16-11-15(19)17(20)14-10-9-13(21-18(14)16)8-7-12-5-3-2-4-6-12/h2-6,11,13,21H,7-10H2,1H3. The van der Waals surface area contributed by atoms with Crippen molar-refractivity contribution < 1.29 is 4.74 Å². The van der Waals surface area contributed by atoms with Gasteiger partial charge in [-0.15, -0.1) is 0 Å². The largest absolute Gasteiger partial charge is 0.495 e. The van der Waals surface area contributed by atoms with Gasteiger partial charge in [0.15, 0.2) is 0 Å². The monoisotopic (exact) mass is 379 g/mol. The highest BCUT2D eigenvalue weighted by Gasteiger charge is 2.24. The van der Waals surface area contributed by atoms with E-state index in [0.29, 0.717) is 6.04 Å². The van der Waals surface area contributed by atoms with E-state index >= 15 is 0 Å². The molecule has 0 bridgehead atoms. The molecule has 22 heavy (non-hydrogen) atoms. The Bertz CT molecular complexity index is 660. The molecule has 0 radical (unpaired) electrons. The fourth-order valence-electron chi connectivity index (χ4n) is 3.00. The molecule has 1 atom stereocenters. The highest BCUT2D eigenvalue weighted by atomic mass is 79.9. The highest BCUT2D eigenvalue weighted by molar-refractivity contribution is 9.10. The van der Waals surface area contributed by atoms with Gasteiger partial charge in [0.1, 0.15) is 5.75 Å². The third kappa shape index (κ3) is 3.26. The van der Waals surface area contributed by atoms with Crippen LogP contribution in [0.5, 0.6) is 5.75 Å². The average Bonchev–Trinajstić information content (AvgIpc) is 2.57. The van der Waals surface area contributed by atoms with Crippen LogP contribution in [-0.2, 0) is 12.8 Å². The number of methoxy groups -OCH3 is 1. The number of hydrogen-bond donors (Lipinski definition) is 1. The molecular weight excluding hydrogens is 362 g/mol. The molecule has 116 valence electrons. The van der Waals surface area contributed by atoms with E-state index in [9.17, 15) is 0 Å². The van der Waals surface area contributed by atoms with E-state index in [1.54, 1.807) is 7.11 Å². The molecule has 4 heteroatoms. The summed E-state index contributed by atoms with van der Waals surface area (Å²) in [5.74, 6) is 0.857. The quantitative estimate of drug-likeness (QED) is 0.759. The molecule has 2 aromatic rings. The van der Waals surface area contributed by atoms with Gasteiger partial charge in [0.25, 0.3) is 0 Å². The lowest BCUT2D eigenvalue weighted by Gasteiger charge is -2.29. The first kappa shape index (κ1) is 15.7. The van der Waals surface area contributed by atoms with Crippen LogP contribution < -0.4 is 10.1 Å². The molecule has 1 N–H and O–H groups in total. The van der Waals surface area contributed by atoms with Crippen molar-refractivity contribution in [3.05, 3.63) is 57.0 Å². The van der Waals surface area contributed by atoms with Crippen LogP contribution in [-0.4, -0.2) is 13.2 Å². The van der Waals surface area contributed by atoms with E-state index in [0.717, 1.165) is 52.2 Å². The molecule has 0 saturated carbocycles. The van der Waals surface area contributed by atoms with Gasteiger partial charge in [-0.2, -0.15) is 0 Å². The summed E-state index contributed by atoms with van der Waals surface area (Å²) in [5, 5.41) is 4.42. The van der Waals surface area contributed by atoms with Gasteiger partial charge in [-0.3, -0.25) is 0 Å². The van der Waals surface area contributed by atoms with Crippen LogP contribution in [0.1, 0.15) is 24.0 Å². The lowest BCUT2D eigenvalue weighted by Crippen LogP contribution is -2.26. The molecule has 0 saturated heterocycles. The van der Waals surface area contributed by atoms with E-state index < -0.39 is 0 Å². The number of ether oxygens (including phenoxy) is 1. The Morgan fingerprint density at radius 3 is 2.82 bits per heavy atom. The number of nitrogens with one attached hydrogen (secondary N) is 1. The normalized spacial score (nSPS) is 16.8. The van der Waals surface area contributed by atoms with Gasteiger partial charge in [0.2, 0.25) is 0 Å². The van der Waals surface area contributed by atoms with Gasteiger partial charge in [0, 0.05) is 10.5 Å². The number of fused-ring (bicyclic) bond motifs is 1. The molecule has 1 aliphatic heterocycles. The Kier molecular flexibility index (Phi) is 4.94. The second kappa shape index (κ2) is 6.93. The van der Waals surface area contributed by atoms with Gasteiger partial charge in [-0.25, -0.2) is 0 Å². The summed E-state index contributed by atoms with van der Waals surface area (Å²) in [6, 6.07) is 13.0. The van der Waals surface area contributed by atoms with Crippen LogP contribution in [0, 0.1) is 0 Å². The zero-order chi connectivity index (χ0) is 15.5. The zero-order valence-electron chi connectivity index (χ0n) is 12.5. The number of rotatable bonds is 4. The Morgan fingerprint density at radius 2 is 2.09 bits per heavy atom. The summed E-state index contributed by atoms with van der Waals surface area (Å²) in [6.07, 6.45) is 4.27. The third-order valence-corrected chi connectivity index (χ3v) is 5.50. The molecule has 0 aliphatic carbocycles. The van der Waals surface area contributed by atoms with E-state index in [-0.39, 0.29) is 0 Å². The molecule has 2 aromatic carbocycles. The van der Waals surface area contributed by atoms with Gasteiger partial charge < -0.3 is 10.1 Å². The fraction of sp³-hybridized carbons (Fsp3) is 0.333. The molecule has 2 nitrogen and oxygen atoms in total. The first-order valence-corrected chi connectivity index (χ1v) is 8.71. The summed E-state index contributed by atoms with van der Waals surface area (Å²) >= 11 is 9.92. The third-order valence-electron chi connectivity index (χ3n) is 4.22. The summed E-state index contributed by atoms with van der Waals surface area (Å²) in [4.78, 5) is 0. The van der Waals surface area contributed by atoms with Gasteiger partial charge in [0.05, 0.1) is 17.8 Å². The minimum atomic E-state index is 0.457. The molecule has 0 fully saturated rings. The smallest absolute Gasteiger partial charge is 0.143 e. The van der Waals surface area contributed by atoms with E-state index in [1.165, 1.54) is 5.56 Å². The first-order chi connectivity index (χ1) is 10.7. The lowest BCUT2D eigenvalue weighted by molar-refractivity contribution is 0.413. The van der Waals surface area contributed by atoms with Crippen molar-refractivity contribution in [2.75, 3.05) is 12.4 Å². The van der Waals surface area contributed by atoms with Crippen LogP contribution in [0.3, 0.4) is 0 Å². The van der Waals surface area contributed by atoms with Crippen LogP contribution in [0.4, 0.5) is 5.69 Å². The number of halogens is 2. The maximum absolute atomic E-state index is 6.42. The summed E-state index contributed by atoms with van der Waals surface area (Å²) in [7, 11) is 1.70. The Morgan fingerprint density at radius 1 is 1.32 bits per heavy atom. The number of benzene rings is 2. The maximum Gasteiger partial charge on any atom is 0.143 e. The van der Waals surface area contributed by atoms with Crippen molar-refractivity contribution in [2.24, 2.45) is 0 Å². The minimum Gasteiger partial charge on any atom is -0.495 e. The van der Waals surface area contributed by atoms with E-state index in [4.69, 9.17) is 16.3 Å². The van der Waals surface area contributed by atoms with Crippen molar-refractivity contribution in [3.63, 3.8) is 0 Å². The van der Waals surface area contributed by atoms with Crippen molar-refractivity contribution in [1.29, 1.82) is 0 Å². The average molecular weight is 381 g/mol.